The number of ether oxygens (including phenoxy) is 1. The molecule has 0 bridgehead atoms. The zero-order valence-electron chi connectivity index (χ0n) is 25.6. The normalized spacial score (nSPS) is 27.3. The fraction of sp³-hybridized carbons (Fsp3) is 0.778. The van der Waals surface area contributed by atoms with Crippen molar-refractivity contribution in [1.82, 2.24) is 20.4 Å². The van der Waals surface area contributed by atoms with Crippen molar-refractivity contribution in [3.63, 3.8) is 0 Å². The number of aliphatic hydroxyl groups excluding tert-OH is 2. The summed E-state index contributed by atoms with van der Waals surface area (Å²) < 4.78 is 40.2. The molecule has 2 aliphatic heterocycles. The number of likely N-dealkylation sites (tertiary alicyclic amines) is 1. The van der Waals surface area contributed by atoms with Crippen LogP contribution in [0.2, 0.25) is 0 Å². The maximum Gasteiger partial charge on any atom is 0.397 e. The number of amides is 3. The van der Waals surface area contributed by atoms with Gasteiger partial charge in [0.2, 0.25) is 11.8 Å². The molecule has 0 aromatic rings. The van der Waals surface area contributed by atoms with Crippen LogP contribution in [0.1, 0.15) is 39.5 Å². The van der Waals surface area contributed by atoms with Crippen LogP contribution in [0.4, 0.5) is 0 Å². The minimum absolute atomic E-state index is 0.0247. The highest BCUT2D eigenvalue weighted by atomic mass is 35.5. The molecule has 0 aromatic heterocycles. The molecule has 3 rings (SSSR count). The van der Waals surface area contributed by atoms with Crippen molar-refractivity contribution in [3.8, 4) is 0 Å². The van der Waals surface area contributed by atoms with E-state index in [2.05, 4.69) is 14.8 Å². The predicted octanol–water partition coefficient (Wildman–Crippen LogP) is -1.44. The third-order valence-electron chi connectivity index (χ3n) is 8.62. The summed E-state index contributed by atoms with van der Waals surface area (Å²) in [7, 11) is -3.76. The fourth-order valence-corrected chi connectivity index (χ4v) is 6.53. The molecule has 3 aliphatic rings. The molecule has 45 heavy (non-hydrogen) atoms. The molecule has 0 radical (unpaired) electrons. The number of fused-ring (bicyclic) bond motifs is 1. The number of alkyl halides is 1. The van der Waals surface area contributed by atoms with Gasteiger partial charge in [0.1, 0.15) is 12.6 Å². The molecule has 3 amide bonds. The molecule has 2 heterocycles. The summed E-state index contributed by atoms with van der Waals surface area (Å²) in [5.41, 5.74) is 6.58. The van der Waals surface area contributed by atoms with E-state index in [9.17, 15) is 33.0 Å². The Bertz CT molecular complexity index is 1240. The second kappa shape index (κ2) is 15.8. The van der Waals surface area contributed by atoms with E-state index < -0.39 is 70.5 Å². The molecule has 8 atom stereocenters. The Morgan fingerprint density at radius 2 is 1.87 bits per heavy atom. The zero-order valence-corrected chi connectivity index (χ0v) is 27.2. The van der Waals surface area contributed by atoms with Gasteiger partial charge in [-0.25, -0.2) is 4.18 Å². The van der Waals surface area contributed by atoms with Gasteiger partial charge in [-0.05, 0) is 37.5 Å². The van der Waals surface area contributed by atoms with E-state index in [1.807, 2.05) is 6.08 Å². The van der Waals surface area contributed by atoms with Crippen LogP contribution in [-0.2, 0) is 33.7 Å². The van der Waals surface area contributed by atoms with Crippen molar-refractivity contribution in [3.05, 3.63) is 11.6 Å². The second-order valence-corrected chi connectivity index (χ2v) is 13.7. The van der Waals surface area contributed by atoms with Crippen molar-refractivity contribution in [2.75, 3.05) is 39.9 Å². The quantitative estimate of drug-likeness (QED) is 0.0389. The molecule has 18 heteroatoms. The molecule has 0 spiro atoms. The monoisotopic (exact) mass is 680 g/mol. The summed E-state index contributed by atoms with van der Waals surface area (Å²) >= 11 is 6.66. The van der Waals surface area contributed by atoms with Crippen molar-refractivity contribution < 1.29 is 46.5 Å². The third kappa shape index (κ3) is 9.97. The minimum atomic E-state index is -4.87. The van der Waals surface area contributed by atoms with Gasteiger partial charge in [0, 0.05) is 39.3 Å². The Balaban J connectivity index is 1.78. The van der Waals surface area contributed by atoms with Gasteiger partial charge in [-0.1, -0.05) is 25.5 Å². The lowest BCUT2D eigenvalue weighted by Gasteiger charge is -2.50. The van der Waals surface area contributed by atoms with Gasteiger partial charge in [0.25, 0.3) is 5.91 Å². The van der Waals surface area contributed by atoms with Crippen molar-refractivity contribution in [2.45, 2.75) is 75.3 Å². The van der Waals surface area contributed by atoms with E-state index in [1.165, 1.54) is 4.90 Å². The topological polar surface area (TPSA) is 245 Å². The number of piperidine rings is 1. The van der Waals surface area contributed by atoms with Crippen LogP contribution in [0.3, 0.4) is 0 Å². The van der Waals surface area contributed by atoms with E-state index >= 15 is 0 Å². The van der Waals surface area contributed by atoms with E-state index in [0.29, 0.717) is 32.5 Å². The fourth-order valence-electron chi connectivity index (χ4n) is 6.07. The maximum absolute atomic E-state index is 14.2. The second-order valence-electron chi connectivity index (χ2n) is 12.1. The van der Waals surface area contributed by atoms with Crippen LogP contribution in [0.25, 0.3) is 0 Å². The third-order valence-corrected chi connectivity index (χ3v) is 9.81. The van der Waals surface area contributed by atoms with Crippen molar-refractivity contribution in [2.24, 2.45) is 23.5 Å². The largest absolute Gasteiger partial charge is 0.397 e. The molecule has 8 unspecified atom stereocenters. The number of methoxy groups -OCH3 is 1. The van der Waals surface area contributed by atoms with Crippen LogP contribution >= 0.6 is 11.6 Å². The Morgan fingerprint density at radius 1 is 1.20 bits per heavy atom. The van der Waals surface area contributed by atoms with Crippen LogP contribution in [0.5, 0.6) is 0 Å². The number of nitrogens with one attached hydrogen (secondary N) is 3. The number of carbonyl (C=O) groups is 3. The van der Waals surface area contributed by atoms with Gasteiger partial charge >= 0.3 is 10.4 Å². The molecule has 0 aromatic carbocycles. The van der Waals surface area contributed by atoms with E-state index in [0.717, 1.165) is 12.7 Å². The molecule has 8 N–H and O–H groups in total. The lowest BCUT2D eigenvalue weighted by Crippen LogP contribution is -2.64. The number of carbonyl (C=O) groups excluding carboxylic acids is 3. The number of aliphatic hydroxyl groups is 2. The van der Waals surface area contributed by atoms with Gasteiger partial charge in [-0.3, -0.25) is 24.3 Å². The molecule has 1 aliphatic carbocycles. The maximum atomic E-state index is 14.2. The number of nitrogens with zero attached hydrogens (tertiary/aromatic N) is 2. The van der Waals surface area contributed by atoms with Gasteiger partial charge < -0.3 is 41.1 Å². The van der Waals surface area contributed by atoms with Crippen LogP contribution < -0.4 is 16.4 Å². The van der Waals surface area contributed by atoms with Gasteiger partial charge in [0.05, 0.1) is 23.5 Å². The number of hydrogen-bond donors (Lipinski definition) is 7. The highest BCUT2D eigenvalue weighted by Crippen LogP contribution is 2.39. The van der Waals surface area contributed by atoms with Crippen LogP contribution in [-0.4, -0.2) is 132 Å². The first-order chi connectivity index (χ1) is 21.0. The van der Waals surface area contributed by atoms with Crippen LogP contribution in [0.15, 0.2) is 11.6 Å². The molecule has 1 saturated heterocycles. The number of nitrogens with two attached hydrogens (primary N) is 1. The molecule has 16 nitrogen and oxygen atoms in total. The number of guanidine groups is 1. The SMILES string of the molecule is COC(COS(=O)(=O)O)C(=O)NC(C(=O)N1CC(C(=O)NCCC2=CCN(C(=N)N)C2)CC2CC(O)C(O)CC21)C(Cl)C(C)C. The number of rotatable bonds is 13. The van der Waals surface area contributed by atoms with Gasteiger partial charge in [-0.15, -0.1) is 11.6 Å². The first-order valence-electron chi connectivity index (χ1n) is 14.8. The molecular weight excluding hydrogens is 636 g/mol. The minimum Gasteiger partial charge on any atom is -0.390 e. The van der Waals surface area contributed by atoms with Gasteiger partial charge in [-0.2, -0.15) is 8.42 Å². The summed E-state index contributed by atoms with van der Waals surface area (Å²) in [5, 5.41) is 33.0. The number of halogens is 1. The molecule has 256 valence electrons. The Kier molecular flexibility index (Phi) is 13.0. The van der Waals surface area contributed by atoms with E-state index in [1.54, 1.807) is 18.7 Å². The summed E-state index contributed by atoms with van der Waals surface area (Å²) in [4.78, 5) is 43.8. The summed E-state index contributed by atoms with van der Waals surface area (Å²) in [6.45, 7) is 3.97. The Morgan fingerprint density at radius 3 is 2.44 bits per heavy atom. The highest BCUT2D eigenvalue weighted by Gasteiger charge is 2.48. The standard InChI is InChI=1S/C27H45ClN6O10S/c1-14(2)22(28)23(32-25(38)21(43-3)13-44-45(40,41)42)26(39)34-12-17(8-16-9-19(35)20(36)10-18(16)34)24(37)31-6-4-15-5-7-33(11-15)27(29)30/h5,14,16-23,35-36H,4,6-13H2,1-3H3,(H3,29,30)(H,31,37)(H,32,38)(H,40,41,42). The molecule has 1 saturated carbocycles. The average molecular weight is 681 g/mol. The Hall–Kier alpha value is -2.54. The lowest BCUT2D eigenvalue weighted by atomic mass is 9.72. The van der Waals surface area contributed by atoms with Gasteiger partial charge in [0.15, 0.2) is 12.1 Å². The van der Waals surface area contributed by atoms with Crippen molar-refractivity contribution in [1.29, 1.82) is 5.41 Å². The first kappa shape index (κ1) is 36.9. The van der Waals surface area contributed by atoms with E-state index in [4.69, 9.17) is 32.0 Å². The lowest BCUT2D eigenvalue weighted by molar-refractivity contribution is -0.153. The first-order valence-corrected chi connectivity index (χ1v) is 16.6. The summed E-state index contributed by atoms with van der Waals surface area (Å²) in [6, 6.07) is -1.88. The zero-order chi connectivity index (χ0) is 33.6. The molecule has 2 fully saturated rings. The smallest absolute Gasteiger partial charge is 0.390 e. The predicted molar refractivity (Wildman–Crippen MR) is 162 cm³/mol. The average Bonchev–Trinajstić information content (AvgIpc) is 3.44. The van der Waals surface area contributed by atoms with Crippen molar-refractivity contribution >= 4 is 45.7 Å². The summed E-state index contributed by atoms with van der Waals surface area (Å²) in [5.74, 6) is -3.14. The Labute approximate surface area is 268 Å². The summed E-state index contributed by atoms with van der Waals surface area (Å²) in [6.07, 6.45) is -0.530. The highest BCUT2D eigenvalue weighted by molar-refractivity contribution is 7.80. The van der Waals surface area contributed by atoms with E-state index in [-0.39, 0.29) is 43.1 Å². The number of hydrogen-bond acceptors (Lipinski definition) is 10. The van der Waals surface area contributed by atoms with Crippen LogP contribution in [0, 0.1) is 23.2 Å². The molecular formula is C27H45ClN6O10S.